The number of fused-ring (bicyclic) bond motifs is 6. The highest BCUT2D eigenvalue weighted by molar-refractivity contribution is 6.00. The van der Waals surface area contributed by atoms with Gasteiger partial charge in [0.25, 0.3) is 0 Å². The number of anilines is 6. The zero-order valence-corrected chi connectivity index (χ0v) is 34.1. The highest BCUT2D eigenvalue weighted by Gasteiger charge is 2.28. The van der Waals surface area contributed by atoms with Crippen molar-refractivity contribution in [1.82, 2.24) is 9.97 Å². The molecule has 62 heavy (non-hydrogen) atoms. The van der Waals surface area contributed by atoms with Crippen LogP contribution in [0.15, 0.2) is 200 Å². The second-order valence-corrected chi connectivity index (χ2v) is 16.5. The Morgan fingerprint density at radius 3 is 2.06 bits per heavy atom. The first-order valence-corrected chi connectivity index (χ1v) is 21.6. The van der Waals surface area contributed by atoms with Gasteiger partial charge in [0, 0.05) is 28.1 Å². The van der Waals surface area contributed by atoms with Crippen LogP contribution in [0.2, 0.25) is 0 Å². The van der Waals surface area contributed by atoms with Crippen molar-refractivity contribution in [2.24, 2.45) is 5.92 Å². The number of rotatable bonds is 5. The minimum Gasteiger partial charge on any atom is -0.309 e. The smallest absolute Gasteiger partial charge is 0.235 e. The van der Waals surface area contributed by atoms with Crippen LogP contribution in [-0.2, 0) is 0 Å². The largest absolute Gasteiger partial charge is 0.309 e. The van der Waals surface area contributed by atoms with Crippen molar-refractivity contribution in [3.63, 3.8) is 0 Å². The minimum absolute atomic E-state index is 0.371. The maximum Gasteiger partial charge on any atom is 0.235 e. The number of aromatic nitrogens is 2. The Balaban J connectivity index is 0.975. The maximum absolute atomic E-state index is 5.49. The van der Waals surface area contributed by atoms with E-state index in [1.165, 1.54) is 34.2 Å². The van der Waals surface area contributed by atoms with E-state index in [-0.39, 0.29) is 0 Å². The Kier molecular flexibility index (Phi) is 8.74. The lowest BCUT2D eigenvalue weighted by Gasteiger charge is -2.31. The van der Waals surface area contributed by atoms with Crippen LogP contribution in [0.1, 0.15) is 46.6 Å². The summed E-state index contributed by atoms with van der Waals surface area (Å²) in [6, 6.07) is 58.8. The van der Waals surface area contributed by atoms with Crippen LogP contribution in [0.25, 0.3) is 57.6 Å². The summed E-state index contributed by atoms with van der Waals surface area (Å²) in [6.45, 7) is 0. The number of hydrogen-bond acceptors (Lipinski definition) is 4. The molecule has 12 rings (SSSR count). The minimum atomic E-state index is 0.371. The van der Waals surface area contributed by atoms with Crippen LogP contribution in [0.5, 0.6) is 0 Å². The zero-order valence-electron chi connectivity index (χ0n) is 34.1. The van der Waals surface area contributed by atoms with Gasteiger partial charge in [-0.15, -0.1) is 0 Å². The Morgan fingerprint density at radius 1 is 0.516 bits per heavy atom. The second-order valence-electron chi connectivity index (χ2n) is 16.5. The van der Waals surface area contributed by atoms with E-state index in [1.807, 2.05) is 0 Å². The summed E-state index contributed by atoms with van der Waals surface area (Å²) in [5.74, 6) is 1.53. The summed E-state index contributed by atoms with van der Waals surface area (Å²) in [5.41, 5.74) is 18.0. The molecule has 2 aliphatic carbocycles. The quantitative estimate of drug-likeness (QED) is 0.174. The number of allylic oxidation sites excluding steroid dienone is 6. The molecule has 3 heterocycles. The monoisotopic (exact) mass is 794 g/mol. The van der Waals surface area contributed by atoms with Crippen molar-refractivity contribution in [2.75, 3.05) is 9.80 Å². The van der Waals surface area contributed by atoms with E-state index in [0.29, 0.717) is 17.8 Å². The van der Waals surface area contributed by atoms with E-state index in [0.717, 1.165) is 73.7 Å². The summed E-state index contributed by atoms with van der Waals surface area (Å²) in [4.78, 5) is 15.4. The molecule has 2 aliphatic heterocycles. The van der Waals surface area contributed by atoms with E-state index in [4.69, 9.17) is 9.97 Å². The Bertz CT molecular complexity index is 3210. The van der Waals surface area contributed by atoms with Gasteiger partial charge in [0.05, 0.1) is 34.0 Å². The summed E-state index contributed by atoms with van der Waals surface area (Å²) < 4.78 is 0. The lowest BCUT2D eigenvalue weighted by Crippen LogP contribution is -2.17. The number of para-hydroxylation sites is 4. The normalized spacial score (nSPS) is 17.0. The third kappa shape index (κ3) is 6.14. The second kappa shape index (κ2) is 15.0. The first-order valence-electron chi connectivity index (χ1n) is 21.6. The third-order valence-corrected chi connectivity index (χ3v) is 12.9. The van der Waals surface area contributed by atoms with Gasteiger partial charge in [0.2, 0.25) is 5.95 Å². The molecule has 0 bridgehead atoms. The number of nitrogens with zero attached hydrogens (tertiary/aromatic N) is 4. The van der Waals surface area contributed by atoms with Gasteiger partial charge < -0.3 is 4.90 Å². The first kappa shape index (κ1) is 36.1. The van der Waals surface area contributed by atoms with Crippen LogP contribution < -0.4 is 9.80 Å². The predicted molar refractivity (Wildman–Crippen MR) is 259 cm³/mol. The van der Waals surface area contributed by atoms with Gasteiger partial charge in [-0.25, -0.2) is 9.97 Å². The van der Waals surface area contributed by atoms with Gasteiger partial charge in [-0.1, -0.05) is 170 Å². The van der Waals surface area contributed by atoms with Crippen molar-refractivity contribution in [2.45, 2.75) is 18.8 Å². The van der Waals surface area contributed by atoms with E-state index >= 15 is 0 Å². The molecule has 7 aromatic carbocycles. The van der Waals surface area contributed by atoms with Crippen molar-refractivity contribution < 1.29 is 0 Å². The molecule has 0 fully saturated rings. The molecule has 1 aromatic heterocycles. The fourth-order valence-electron chi connectivity index (χ4n) is 9.94. The molecular weight excluding hydrogens is 753 g/mol. The molecule has 8 aromatic rings. The summed E-state index contributed by atoms with van der Waals surface area (Å²) in [6.07, 6.45) is 22.8. The lowest BCUT2D eigenvalue weighted by atomic mass is 9.73. The SMILES string of the molecule is C1=CC(c2ccc(-c3nc(N4c5ccccc5C=Cc5cc(-c6cccc7c6C=Cc6ccccc6N7c6ccccc6)ccc54)nc4ccccc34)cc2)C2CCC=CC2=C1. The molecule has 2 unspecified atom stereocenters. The molecule has 0 radical (unpaired) electrons. The molecule has 2 atom stereocenters. The lowest BCUT2D eigenvalue weighted by molar-refractivity contribution is 0.507. The number of benzene rings is 7. The van der Waals surface area contributed by atoms with Crippen molar-refractivity contribution in [3.8, 4) is 22.4 Å². The molecule has 0 saturated carbocycles. The third-order valence-electron chi connectivity index (χ3n) is 12.9. The van der Waals surface area contributed by atoms with E-state index in [1.54, 1.807) is 0 Å². The summed E-state index contributed by atoms with van der Waals surface area (Å²) in [7, 11) is 0. The van der Waals surface area contributed by atoms with Gasteiger partial charge in [-0.2, -0.15) is 0 Å². The van der Waals surface area contributed by atoms with Crippen LogP contribution in [0.4, 0.5) is 34.4 Å². The molecule has 0 amide bonds. The molecule has 4 aliphatic rings. The first-order chi connectivity index (χ1) is 30.7. The van der Waals surface area contributed by atoms with E-state index in [9.17, 15) is 0 Å². The number of hydrogen-bond donors (Lipinski definition) is 0. The van der Waals surface area contributed by atoms with Crippen molar-refractivity contribution in [1.29, 1.82) is 0 Å². The molecular formula is C58H42N4. The fourth-order valence-corrected chi connectivity index (χ4v) is 9.94. The van der Waals surface area contributed by atoms with Gasteiger partial charge in [0.1, 0.15) is 0 Å². The molecule has 0 spiro atoms. The molecule has 0 saturated heterocycles. The average molecular weight is 795 g/mol. The predicted octanol–water partition coefficient (Wildman–Crippen LogP) is 15.4. The van der Waals surface area contributed by atoms with E-state index < -0.39 is 0 Å². The highest BCUT2D eigenvalue weighted by Crippen LogP contribution is 2.48. The average Bonchev–Trinajstić information content (AvgIpc) is 3.62. The molecule has 4 nitrogen and oxygen atoms in total. The Hall–Kier alpha value is -7.82. The maximum atomic E-state index is 5.49. The summed E-state index contributed by atoms with van der Waals surface area (Å²) >= 11 is 0. The van der Waals surface area contributed by atoms with Crippen LogP contribution in [-0.4, -0.2) is 9.97 Å². The molecule has 0 N–H and O–H groups in total. The van der Waals surface area contributed by atoms with Crippen LogP contribution in [0.3, 0.4) is 0 Å². The van der Waals surface area contributed by atoms with Crippen LogP contribution >= 0.6 is 0 Å². The van der Waals surface area contributed by atoms with Crippen LogP contribution in [0, 0.1) is 5.92 Å². The Morgan fingerprint density at radius 2 is 1.21 bits per heavy atom. The summed E-state index contributed by atoms with van der Waals surface area (Å²) in [5, 5.41) is 1.03. The molecule has 294 valence electrons. The van der Waals surface area contributed by atoms with Gasteiger partial charge in [-0.05, 0) is 106 Å². The van der Waals surface area contributed by atoms with Gasteiger partial charge >= 0.3 is 0 Å². The standard InChI is InChI=1S/C58H42N4/c1-2-18-46(19-3-1)61-53-25-10-5-16-42(53)34-36-50-49(23-13-27-56(50)61)44-35-37-55-45(38-44)33-30-41-15-6-11-26-54(41)62(55)58-59-52-24-9-8-21-51(52)57(60-58)43-31-28-40(29-32-43)48-22-12-17-39-14-4-7-20-47(39)48/h1-6,8-19,21-38,47-48H,7,20H2. The Labute approximate surface area is 362 Å². The topological polar surface area (TPSA) is 32.3 Å². The highest BCUT2D eigenvalue weighted by atomic mass is 15.3. The fraction of sp³-hybridized carbons (Fsp3) is 0.0690. The van der Waals surface area contributed by atoms with E-state index in [2.05, 4.69) is 228 Å². The van der Waals surface area contributed by atoms with Gasteiger partial charge in [0.15, 0.2) is 0 Å². The van der Waals surface area contributed by atoms with Crippen molar-refractivity contribution in [3.05, 3.63) is 228 Å². The van der Waals surface area contributed by atoms with Crippen molar-refractivity contribution >= 4 is 69.6 Å². The molecule has 4 heteroatoms. The van der Waals surface area contributed by atoms with Gasteiger partial charge in [-0.3, -0.25) is 4.90 Å². The zero-order chi connectivity index (χ0) is 41.0.